The van der Waals surface area contributed by atoms with E-state index in [9.17, 15) is 4.21 Å². The van der Waals surface area contributed by atoms with Gasteiger partial charge in [0.25, 0.3) is 0 Å². The SMILES string of the molecule is CCNC1CCCC1CCS(=O)c1c(Cl)cccc1Cl. The highest BCUT2D eigenvalue weighted by Gasteiger charge is 2.27. The molecule has 1 N–H and O–H groups in total. The molecule has 0 aliphatic heterocycles. The fraction of sp³-hybridized carbons (Fsp3) is 0.600. The maximum absolute atomic E-state index is 12.4. The molecule has 2 nitrogen and oxygen atoms in total. The molecule has 1 aliphatic carbocycles. The highest BCUT2D eigenvalue weighted by Crippen LogP contribution is 2.31. The van der Waals surface area contributed by atoms with Crippen LogP contribution in [0.15, 0.2) is 23.1 Å². The van der Waals surface area contributed by atoms with Crippen molar-refractivity contribution >= 4 is 34.0 Å². The van der Waals surface area contributed by atoms with Crippen molar-refractivity contribution in [3.8, 4) is 0 Å². The maximum atomic E-state index is 12.4. The molecule has 1 aromatic rings. The van der Waals surface area contributed by atoms with Gasteiger partial charge >= 0.3 is 0 Å². The summed E-state index contributed by atoms with van der Waals surface area (Å²) >= 11 is 12.2. The number of rotatable bonds is 6. The van der Waals surface area contributed by atoms with Crippen molar-refractivity contribution in [1.29, 1.82) is 0 Å². The normalized spacial score (nSPS) is 23.9. The molecule has 20 heavy (non-hydrogen) atoms. The summed E-state index contributed by atoms with van der Waals surface area (Å²) in [5.74, 6) is 1.26. The summed E-state index contributed by atoms with van der Waals surface area (Å²) in [5, 5.41) is 4.54. The average Bonchev–Trinajstić information content (AvgIpc) is 2.84. The summed E-state index contributed by atoms with van der Waals surface area (Å²) in [6.07, 6.45) is 4.69. The predicted octanol–water partition coefficient (Wildman–Crippen LogP) is 4.27. The van der Waals surface area contributed by atoms with E-state index in [0.29, 0.717) is 32.7 Å². The Morgan fingerprint density at radius 3 is 2.65 bits per heavy atom. The van der Waals surface area contributed by atoms with E-state index in [1.807, 2.05) is 0 Å². The fourth-order valence-corrected chi connectivity index (χ4v) is 5.18. The minimum absolute atomic E-state index is 0.505. The number of benzene rings is 1. The second kappa shape index (κ2) is 7.79. The maximum Gasteiger partial charge on any atom is 0.0760 e. The molecule has 0 aromatic heterocycles. The Kier molecular flexibility index (Phi) is 6.34. The lowest BCUT2D eigenvalue weighted by Crippen LogP contribution is -2.32. The van der Waals surface area contributed by atoms with Gasteiger partial charge in [0.2, 0.25) is 0 Å². The second-order valence-corrected chi connectivity index (χ2v) is 7.57. The number of halogens is 2. The zero-order chi connectivity index (χ0) is 14.5. The van der Waals surface area contributed by atoms with Crippen LogP contribution in [0, 0.1) is 5.92 Å². The van der Waals surface area contributed by atoms with Crippen LogP contribution in [-0.2, 0) is 10.8 Å². The van der Waals surface area contributed by atoms with Crippen molar-refractivity contribution < 1.29 is 4.21 Å². The van der Waals surface area contributed by atoms with Gasteiger partial charge in [-0.1, -0.05) is 42.6 Å². The fourth-order valence-electron chi connectivity index (χ4n) is 2.97. The Labute approximate surface area is 133 Å². The zero-order valence-electron chi connectivity index (χ0n) is 11.7. The highest BCUT2D eigenvalue weighted by molar-refractivity contribution is 7.85. The Morgan fingerprint density at radius 1 is 1.30 bits per heavy atom. The lowest BCUT2D eigenvalue weighted by Gasteiger charge is -2.20. The molecule has 1 saturated carbocycles. The Hall–Kier alpha value is -0.0900. The third kappa shape index (κ3) is 3.97. The van der Waals surface area contributed by atoms with E-state index in [-0.39, 0.29) is 0 Å². The van der Waals surface area contributed by atoms with Crippen LogP contribution < -0.4 is 5.32 Å². The smallest absolute Gasteiger partial charge is 0.0760 e. The van der Waals surface area contributed by atoms with Crippen molar-refractivity contribution in [2.24, 2.45) is 5.92 Å². The Morgan fingerprint density at radius 2 is 2.00 bits per heavy atom. The first-order valence-corrected chi connectivity index (χ1v) is 9.26. The summed E-state index contributed by atoms with van der Waals surface area (Å²) < 4.78 is 12.4. The van der Waals surface area contributed by atoms with Crippen LogP contribution in [-0.4, -0.2) is 22.5 Å². The van der Waals surface area contributed by atoms with Gasteiger partial charge in [0.05, 0.1) is 25.7 Å². The standard InChI is InChI=1S/C15H21Cl2NOS/c1-2-18-14-8-3-5-11(14)9-10-20(19)15-12(16)6-4-7-13(15)17/h4,6-7,11,14,18H,2-3,5,8-10H2,1H3. The van der Waals surface area contributed by atoms with E-state index in [0.717, 1.165) is 13.0 Å². The monoisotopic (exact) mass is 333 g/mol. The zero-order valence-corrected chi connectivity index (χ0v) is 14.0. The van der Waals surface area contributed by atoms with E-state index < -0.39 is 10.8 Å². The van der Waals surface area contributed by atoms with Crippen LogP contribution in [0.5, 0.6) is 0 Å². The van der Waals surface area contributed by atoms with E-state index in [4.69, 9.17) is 23.2 Å². The molecular weight excluding hydrogens is 313 g/mol. The van der Waals surface area contributed by atoms with Crippen molar-refractivity contribution in [2.45, 2.75) is 43.5 Å². The third-order valence-electron chi connectivity index (χ3n) is 3.95. The average molecular weight is 334 g/mol. The minimum atomic E-state index is -1.11. The van der Waals surface area contributed by atoms with Gasteiger partial charge < -0.3 is 5.32 Å². The van der Waals surface area contributed by atoms with E-state index in [1.54, 1.807) is 18.2 Å². The Balaban J connectivity index is 1.95. The van der Waals surface area contributed by atoms with Gasteiger partial charge in [-0.05, 0) is 43.9 Å². The number of hydrogen-bond donors (Lipinski definition) is 1. The molecule has 2 rings (SSSR count). The lowest BCUT2D eigenvalue weighted by atomic mass is 10.0. The molecular formula is C15H21Cl2NOS. The summed E-state index contributed by atoms with van der Waals surface area (Å²) in [4.78, 5) is 0.592. The van der Waals surface area contributed by atoms with Gasteiger partial charge in [-0.15, -0.1) is 0 Å². The molecule has 5 heteroatoms. The lowest BCUT2D eigenvalue weighted by molar-refractivity contribution is 0.399. The van der Waals surface area contributed by atoms with Crippen LogP contribution in [0.3, 0.4) is 0 Å². The first kappa shape index (κ1) is 16.3. The van der Waals surface area contributed by atoms with Crippen LogP contribution in [0.2, 0.25) is 10.0 Å². The third-order valence-corrected chi connectivity index (χ3v) is 6.30. The van der Waals surface area contributed by atoms with Crippen LogP contribution in [0.1, 0.15) is 32.6 Å². The van der Waals surface area contributed by atoms with Crippen molar-refractivity contribution in [1.82, 2.24) is 5.32 Å². The molecule has 1 fully saturated rings. The van der Waals surface area contributed by atoms with E-state index in [2.05, 4.69) is 12.2 Å². The Bertz CT molecular complexity index is 461. The first-order chi connectivity index (χ1) is 9.63. The van der Waals surface area contributed by atoms with Gasteiger partial charge in [-0.25, -0.2) is 0 Å². The molecule has 3 unspecified atom stereocenters. The molecule has 0 amide bonds. The molecule has 0 heterocycles. The number of nitrogens with one attached hydrogen (secondary N) is 1. The molecule has 0 bridgehead atoms. The highest BCUT2D eigenvalue weighted by atomic mass is 35.5. The quantitative estimate of drug-likeness (QED) is 0.842. The summed E-state index contributed by atoms with van der Waals surface area (Å²) in [6.45, 7) is 3.14. The van der Waals surface area contributed by atoms with Crippen LogP contribution >= 0.6 is 23.2 Å². The number of hydrogen-bond acceptors (Lipinski definition) is 2. The van der Waals surface area contributed by atoms with Gasteiger partial charge in [0.15, 0.2) is 0 Å². The molecule has 0 spiro atoms. The molecule has 3 atom stereocenters. The molecule has 1 aromatic carbocycles. The van der Waals surface area contributed by atoms with Crippen molar-refractivity contribution in [3.63, 3.8) is 0 Å². The summed E-state index contributed by atoms with van der Waals surface area (Å²) in [7, 11) is -1.11. The van der Waals surface area contributed by atoms with Crippen molar-refractivity contribution in [2.75, 3.05) is 12.3 Å². The van der Waals surface area contributed by atoms with E-state index >= 15 is 0 Å². The molecule has 0 radical (unpaired) electrons. The molecule has 0 saturated heterocycles. The van der Waals surface area contributed by atoms with Gasteiger partial charge in [-0.3, -0.25) is 4.21 Å². The summed E-state index contributed by atoms with van der Waals surface area (Å²) in [6, 6.07) is 5.86. The minimum Gasteiger partial charge on any atom is -0.314 e. The molecule has 112 valence electrons. The molecule has 1 aliphatic rings. The topological polar surface area (TPSA) is 29.1 Å². The van der Waals surface area contributed by atoms with E-state index in [1.165, 1.54) is 19.3 Å². The predicted molar refractivity (Wildman–Crippen MR) is 87.2 cm³/mol. The van der Waals surface area contributed by atoms with Gasteiger partial charge in [-0.2, -0.15) is 0 Å². The summed E-state index contributed by atoms with van der Waals surface area (Å²) in [5.41, 5.74) is 0. The van der Waals surface area contributed by atoms with Gasteiger partial charge in [0.1, 0.15) is 0 Å². The van der Waals surface area contributed by atoms with Gasteiger partial charge in [0, 0.05) is 11.8 Å². The first-order valence-electron chi connectivity index (χ1n) is 7.19. The van der Waals surface area contributed by atoms with Crippen LogP contribution in [0.25, 0.3) is 0 Å². The van der Waals surface area contributed by atoms with Crippen molar-refractivity contribution in [3.05, 3.63) is 28.2 Å². The second-order valence-electron chi connectivity index (χ2n) is 5.24. The largest absolute Gasteiger partial charge is 0.314 e. The van der Waals surface area contributed by atoms with Crippen LogP contribution in [0.4, 0.5) is 0 Å².